The van der Waals surface area contributed by atoms with Crippen molar-refractivity contribution in [2.24, 2.45) is 5.92 Å². The molecule has 1 aromatic carbocycles. The summed E-state index contributed by atoms with van der Waals surface area (Å²) in [6, 6.07) is 5.03. The van der Waals surface area contributed by atoms with Crippen LogP contribution in [0, 0.1) is 5.92 Å². The Balaban J connectivity index is 1.95. The third-order valence-electron chi connectivity index (χ3n) is 4.31. The van der Waals surface area contributed by atoms with Crippen molar-refractivity contribution in [2.45, 2.75) is 50.9 Å². The Labute approximate surface area is 123 Å². The van der Waals surface area contributed by atoms with Crippen LogP contribution in [0.3, 0.4) is 0 Å². The van der Waals surface area contributed by atoms with Crippen molar-refractivity contribution in [3.8, 4) is 0 Å². The zero-order valence-corrected chi connectivity index (χ0v) is 12.2. The lowest BCUT2D eigenvalue weighted by Crippen LogP contribution is -2.38. The molecule has 3 atom stereocenters. The summed E-state index contributed by atoms with van der Waals surface area (Å²) < 4.78 is 37.5. The average molecular weight is 301 g/mol. The number of benzene rings is 1. The van der Waals surface area contributed by atoms with Crippen LogP contribution in [-0.2, 0) is 6.18 Å². The minimum absolute atomic E-state index is 0.237. The highest BCUT2D eigenvalue weighted by atomic mass is 19.4. The van der Waals surface area contributed by atoms with Crippen molar-refractivity contribution >= 4 is 0 Å². The molecule has 5 heteroatoms. The third kappa shape index (κ3) is 4.45. The molecule has 1 saturated heterocycles. The van der Waals surface area contributed by atoms with E-state index < -0.39 is 17.8 Å². The van der Waals surface area contributed by atoms with Crippen LogP contribution >= 0.6 is 0 Å². The highest BCUT2D eigenvalue weighted by Gasteiger charge is 2.30. The van der Waals surface area contributed by atoms with Gasteiger partial charge in [0.25, 0.3) is 0 Å². The first-order valence-electron chi connectivity index (χ1n) is 7.48. The van der Waals surface area contributed by atoms with Crippen molar-refractivity contribution < 1.29 is 18.3 Å². The molecule has 0 amide bonds. The maximum atomic E-state index is 12.5. The molecule has 0 radical (unpaired) electrons. The summed E-state index contributed by atoms with van der Waals surface area (Å²) >= 11 is 0. The van der Waals surface area contributed by atoms with E-state index in [2.05, 4.69) is 12.2 Å². The van der Waals surface area contributed by atoms with E-state index in [1.54, 1.807) is 0 Å². The van der Waals surface area contributed by atoms with Crippen LogP contribution in [0.2, 0.25) is 0 Å². The Hall–Kier alpha value is -1.07. The second-order valence-corrected chi connectivity index (χ2v) is 5.82. The predicted octanol–water partition coefficient (Wildman–Crippen LogP) is 3.91. The maximum absolute atomic E-state index is 12.5. The van der Waals surface area contributed by atoms with Crippen LogP contribution in [0.5, 0.6) is 0 Å². The molecule has 1 aromatic rings. The van der Waals surface area contributed by atoms with Gasteiger partial charge >= 0.3 is 6.18 Å². The zero-order chi connectivity index (χ0) is 15.5. The van der Waals surface area contributed by atoms with E-state index in [0.29, 0.717) is 17.9 Å². The number of nitrogens with one attached hydrogen (secondary N) is 1. The largest absolute Gasteiger partial charge is 0.416 e. The summed E-state index contributed by atoms with van der Waals surface area (Å²) in [5, 5.41) is 13.6. The molecular weight excluding hydrogens is 279 g/mol. The summed E-state index contributed by atoms with van der Waals surface area (Å²) in [6.45, 7) is 3.11. The Morgan fingerprint density at radius 2 is 1.95 bits per heavy atom. The van der Waals surface area contributed by atoms with E-state index in [0.717, 1.165) is 37.9 Å². The SMILES string of the molecule is CCC1CCNC(CC(O)c2ccc(C(F)(F)F)cc2)C1. The van der Waals surface area contributed by atoms with Gasteiger partial charge in [-0.25, -0.2) is 0 Å². The number of hydrogen-bond acceptors (Lipinski definition) is 2. The lowest BCUT2D eigenvalue weighted by atomic mass is 9.87. The molecule has 1 aliphatic rings. The van der Waals surface area contributed by atoms with Crippen LogP contribution in [-0.4, -0.2) is 17.7 Å². The Kier molecular flexibility index (Phi) is 5.27. The number of rotatable bonds is 4. The zero-order valence-electron chi connectivity index (χ0n) is 12.2. The number of aliphatic hydroxyl groups is 1. The minimum atomic E-state index is -4.33. The molecule has 21 heavy (non-hydrogen) atoms. The smallest absolute Gasteiger partial charge is 0.388 e. The lowest BCUT2D eigenvalue weighted by Gasteiger charge is -2.31. The molecule has 2 nitrogen and oxygen atoms in total. The maximum Gasteiger partial charge on any atom is 0.416 e. The number of piperidine rings is 1. The molecule has 3 unspecified atom stereocenters. The normalized spacial score (nSPS) is 24.8. The second kappa shape index (κ2) is 6.79. The second-order valence-electron chi connectivity index (χ2n) is 5.82. The average Bonchev–Trinajstić information content (AvgIpc) is 2.46. The van der Waals surface area contributed by atoms with Crippen LogP contribution in [0.15, 0.2) is 24.3 Å². The van der Waals surface area contributed by atoms with Crippen LogP contribution in [0.25, 0.3) is 0 Å². The van der Waals surface area contributed by atoms with Crippen LogP contribution in [0.4, 0.5) is 13.2 Å². The van der Waals surface area contributed by atoms with Crippen LogP contribution in [0.1, 0.15) is 49.8 Å². The molecule has 0 saturated carbocycles. The Morgan fingerprint density at radius 3 is 2.52 bits per heavy atom. The molecule has 2 rings (SSSR count). The van der Waals surface area contributed by atoms with Gasteiger partial charge < -0.3 is 10.4 Å². The summed E-state index contributed by atoms with van der Waals surface area (Å²) in [5.41, 5.74) is -0.135. The fourth-order valence-corrected chi connectivity index (χ4v) is 2.95. The van der Waals surface area contributed by atoms with E-state index >= 15 is 0 Å². The predicted molar refractivity (Wildman–Crippen MR) is 75.8 cm³/mol. The molecule has 0 aliphatic carbocycles. The van der Waals surface area contributed by atoms with Crippen molar-refractivity contribution in [1.29, 1.82) is 0 Å². The number of alkyl halides is 3. The molecule has 2 N–H and O–H groups in total. The van der Waals surface area contributed by atoms with Crippen molar-refractivity contribution in [3.05, 3.63) is 35.4 Å². The van der Waals surface area contributed by atoms with Crippen molar-refractivity contribution in [3.63, 3.8) is 0 Å². The first-order valence-corrected chi connectivity index (χ1v) is 7.48. The summed E-state index contributed by atoms with van der Waals surface area (Å²) in [7, 11) is 0. The first kappa shape index (κ1) is 16.3. The first-order chi connectivity index (χ1) is 9.90. The fraction of sp³-hybridized carbons (Fsp3) is 0.625. The number of halogens is 3. The van der Waals surface area contributed by atoms with Gasteiger partial charge in [-0.05, 0) is 49.4 Å². The molecule has 0 spiro atoms. The monoisotopic (exact) mass is 301 g/mol. The van der Waals surface area contributed by atoms with Gasteiger partial charge in [-0.3, -0.25) is 0 Å². The van der Waals surface area contributed by atoms with Gasteiger partial charge in [0.15, 0.2) is 0 Å². The lowest BCUT2D eigenvalue weighted by molar-refractivity contribution is -0.137. The van der Waals surface area contributed by atoms with Gasteiger partial charge in [0.1, 0.15) is 0 Å². The van der Waals surface area contributed by atoms with Crippen molar-refractivity contribution in [1.82, 2.24) is 5.32 Å². The third-order valence-corrected chi connectivity index (χ3v) is 4.31. The molecule has 118 valence electrons. The van der Waals surface area contributed by atoms with Gasteiger partial charge in [-0.15, -0.1) is 0 Å². The standard InChI is InChI=1S/C16H22F3NO/c1-2-11-7-8-20-14(9-11)10-15(21)12-3-5-13(6-4-12)16(17,18)19/h3-6,11,14-15,20-21H,2,7-10H2,1H3. The van der Waals surface area contributed by atoms with Crippen molar-refractivity contribution in [2.75, 3.05) is 6.54 Å². The summed E-state index contributed by atoms with van der Waals surface area (Å²) in [5.74, 6) is 0.677. The number of hydrogen-bond donors (Lipinski definition) is 2. The fourth-order valence-electron chi connectivity index (χ4n) is 2.95. The molecular formula is C16H22F3NO. The van der Waals surface area contributed by atoms with Gasteiger partial charge in [-0.1, -0.05) is 25.5 Å². The van der Waals surface area contributed by atoms with Crippen LogP contribution < -0.4 is 5.32 Å². The number of aliphatic hydroxyl groups excluding tert-OH is 1. The minimum Gasteiger partial charge on any atom is -0.388 e. The summed E-state index contributed by atoms with van der Waals surface area (Å²) in [4.78, 5) is 0. The quantitative estimate of drug-likeness (QED) is 0.884. The molecule has 1 aliphatic heterocycles. The van der Waals surface area contributed by atoms with Gasteiger partial charge in [0, 0.05) is 6.04 Å². The van der Waals surface area contributed by atoms with Gasteiger partial charge in [0.2, 0.25) is 0 Å². The van der Waals surface area contributed by atoms with E-state index in [1.165, 1.54) is 12.1 Å². The van der Waals surface area contributed by atoms with E-state index in [-0.39, 0.29) is 6.04 Å². The molecule has 1 heterocycles. The Bertz CT molecular complexity index is 444. The molecule has 0 aromatic heterocycles. The summed E-state index contributed by atoms with van der Waals surface area (Å²) in [6.07, 6.45) is -1.20. The van der Waals surface area contributed by atoms with E-state index in [4.69, 9.17) is 0 Å². The highest BCUT2D eigenvalue weighted by molar-refractivity contribution is 5.26. The highest BCUT2D eigenvalue weighted by Crippen LogP contribution is 2.31. The Morgan fingerprint density at radius 1 is 1.29 bits per heavy atom. The van der Waals surface area contributed by atoms with E-state index in [1.807, 2.05) is 0 Å². The van der Waals surface area contributed by atoms with E-state index in [9.17, 15) is 18.3 Å². The molecule has 0 bridgehead atoms. The topological polar surface area (TPSA) is 32.3 Å². The van der Waals surface area contributed by atoms with Gasteiger partial charge in [-0.2, -0.15) is 13.2 Å². The van der Waals surface area contributed by atoms with Gasteiger partial charge in [0.05, 0.1) is 11.7 Å². The molecule has 1 fully saturated rings.